The number of aromatic nitrogens is 3. The summed E-state index contributed by atoms with van der Waals surface area (Å²) in [6.07, 6.45) is 3.07. The van der Waals surface area contributed by atoms with Gasteiger partial charge in [0.25, 0.3) is 0 Å². The molecule has 2 aromatic carbocycles. The van der Waals surface area contributed by atoms with Gasteiger partial charge in [-0.15, -0.1) is 0 Å². The average molecular weight is 385 g/mol. The lowest BCUT2D eigenvalue weighted by atomic mass is 10.1. The molecule has 0 spiro atoms. The summed E-state index contributed by atoms with van der Waals surface area (Å²) in [6, 6.07) is 17.7. The molecule has 136 valence electrons. The molecule has 1 aliphatic rings. The van der Waals surface area contributed by atoms with Gasteiger partial charge >= 0.3 is 0 Å². The summed E-state index contributed by atoms with van der Waals surface area (Å²) in [5.74, 6) is 7.28. The number of halogens is 1. The topological polar surface area (TPSA) is 44.8 Å². The minimum atomic E-state index is 0.727. The highest BCUT2D eigenvalue weighted by Crippen LogP contribution is 2.22. The van der Waals surface area contributed by atoms with Crippen LogP contribution in [0.2, 0.25) is 5.02 Å². The third-order valence-electron chi connectivity index (χ3n) is 4.90. The van der Waals surface area contributed by atoms with E-state index in [1.165, 1.54) is 6.42 Å². The molecule has 0 saturated carbocycles. The van der Waals surface area contributed by atoms with Crippen LogP contribution in [0.25, 0.3) is 22.2 Å². The maximum absolute atomic E-state index is 5.94. The highest BCUT2D eigenvalue weighted by molar-refractivity contribution is 6.30. The predicted octanol–water partition coefficient (Wildman–Crippen LogP) is 4.89. The molecule has 0 unspecified atom stereocenters. The van der Waals surface area contributed by atoms with Crippen molar-refractivity contribution in [3.8, 4) is 23.0 Å². The zero-order valence-electron chi connectivity index (χ0n) is 15.1. The Morgan fingerprint density at radius 3 is 2.46 bits per heavy atom. The van der Waals surface area contributed by atoms with Gasteiger partial charge in [-0.1, -0.05) is 35.7 Å². The lowest BCUT2D eigenvalue weighted by Gasteiger charge is -2.30. The van der Waals surface area contributed by atoms with Crippen LogP contribution in [0.1, 0.15) is 17.7 Å². The molecule has 4 nitrogen and oxygen atoms in total. The van der Waals surface area contributed by atoms with Gasteiger partial charge in [-0.3, -0.25) is 0 Å². The van der Waals surface area contributed by atoms with E-state index in [2.05, 4.69) is 31.7 Å². The van der Waals surface area contributed by atoms with Crippen LogP contribution in [-0.4, -0.2) is 28.0 Å². The van der Waals surface area contributed by atoms with E-state index < -0.39 is 0 Å². The van der Waals surface area contributed by atoms with Crippen LogP contribution in [0.5, 0.6) is 0 Å². The summed E-state index contributed by atoms with van der Waals surface area (Å²) in [7, 11) is 0. The smallest absolute Gasteiger partial charge is 0.203 e. The molecular weight excluding hydrogens is 368 g/mol. The van der Waals surface area contributed by atoms with E-state index in [1.54, 1.807) is 0 Å². The van der Waals surface area contributed by atoms with Crippen LogP contribution >= 0.6 is 11.6 Å². The highest BCUT2D eigenvalue weighted by atomic mass is 35.5. The summed E-state index contributed by atoms with van der Waals surface area (Å²) >= 11 is 5.94. The van der Waals surface area contributed by atoms with Crippen LogP contribution in [0, 0.1) is 11.8 Å². The van der Waals surface area contributed by atoms with Crippen molar-refractivity contribution in [2.75, 3.05) is 18.0 Å². The molecular formula is C23H17ClN4. The largest absolute Gasteiger partial charge is 0.342 e. The van der Waals surface area contributed by atoms with Gasteiger partial charge in [0.1, 0.15) is 5.69 Å². The van der Waals surface area contributed by atoms with Gasteiger partial charge in [-0.05, 0) is 54.3 Å². The van der Waals surface area contributed by atoms with Crippen molar-refractivity contribution in [3.05, 3.63) is 77.1 Å². The van der Waals surface area contributed by atoms with E-state index in [-0.39, 0.29) is 0 Å². The minimum absolute atomic E-state index is 0.727. The number of H-pyrrole nitrogens is 1. The van der Waals surface area contributed by atoms with Crippen LogP contribution in [0.3, 0.4) is 0 Å². The summed E-state index contributed by atoms with van der Waals surface area (Å²) in [6.45, 7) is 2.15. The van der Waals surface area contributed by atoms with Crippen molar-refractivity contribution in [3.63, 3.8) is 0 Å². The lowest BCUT2D eigenvalue weighted by molar-refractivity contribution is 0.604. The van der Waals surface area contributed by atoms with Gasteiger partial charge in [0.15, 0.2) is 0 Å². The number of rotatable bonds is 2. The van der Waals surface area contributed by atoms with E-state index in [9.17, 15) is 0 Å². The van der Waals surface area contributed by atoms with E-state index in [1.807, 2.05) is 60.8 Å². The Morgan fingerprint density at radius 2 is 1.75 bits per heavy atom. The van der Waals surface area contributed by atoms with Gasteiger partial charge < -0.3 is 9.88 Å². The highest BCUT2D eigenvalue weighted by Gasteiger charge is 2.17. The first kappa shape index (κ1) is 16.9. The molecule has 0 amide bonds. The first-order valence-electron chi connectivity index (χ1n) is 9.23. The fourth-order valence-corrected chi connectivity index (χ4v) is 3.29. The normalized spacial score (nSPS) is 13.1. The molecule has 0 atom stereocenters. The first-order chi connectivity index (χ1) is 13.7. The number of nitrogens with one attached hydrogen (secondary N) is 1. The zero-order chi connectivity index (χ0) is 18.9. The molecule has 1 fully saturated rings. The maximum atomic E-state index is 5.94. The van der Waals surface area contributed by atoms with Crippen molar-refractivity contribution in [1.82, 2.24) is 15.0 Å². The molecule has 3 heterocycles. The van der Waals surface area contributed by atoms with E-state index in [0.717, 1.165) is 57.5 Å². The van der Waals surface area contributed by atoms with Gasteiger partial charge in [0.05, 0.1) is 11.0 Å². The molecule has 0 bridgehead atoms. The molecule has 1 aliphatic heterocycles. The SMILES string of the molecule is Clc1ccc(-c2ccc(C#Cc3ccc4nc(N5CCC5)[nH]c4c3)nc2)cc1. The van der Waals surface area contributed by atoms with E-state index in [4.69, 9.17) is 11.6 Å². The number of aromatic amines is 1. The van der Waals surface area contributed by atoms with Crippen molar-refractivity contribution in [1.29, 1.82) is 0 Å². The van der Waals surface area contributed by atoms with Gasteiger partial charge in [-0.2, -0.15) is 0 Å². The Kier molecular flexibility index (Phi) is 4.23. The summed E-state index contributed by atoms with van der Waals surface area (Å²) in [5, 5.41) is 0.727. The molecule has 5 heteroatoms. The molecule has 5 rings (SSSR count). The third kappa shape index (κ3) is 3.33. The van der Waals surface area contributed by atoms with Crippen LogP contribution in [0.15, 0.2) is 60.8 Å². The van der Waals surface area contributed by atoms with E-state index in [0.29, 0.717) is 0 Å². The van der Waals surface area contributed by atoms with Crippen LogP contribution < -0.4 is 4.90 Å². The Labute approximate surface area is 168 Å². The lowest BCUT2D eigenvalue weighted by Crippen LogP contribution is -2.37. The predicted molar refractivity (Wildman–Crippen MR) is 114 cm³/mol. The molecule has 4 aromatic rings. The number of anilines is 1. The number of fused-ring (bicyclic) bond motifs is 1. The molecule has 0 radical (unpaired) electrons. The second-order valence-electron chi connectivity index (χ2n) is 6.82. The minimum Gasteiger partial charge on any atom is -0.342 e. The molecule has 1 N–H and O–H groups in total. The third-order valence-corrected chi connectivity index (χ3v) is 5.15. The average Bonchev–Trinajstić information content (AvgIpc) is 3.08. The molecule has 28 heavy (non-hydrogen) atoms. The number of imidazole rings is 1. The van der Waals surface area contributed by atoms with E-state index >= 15 is 0 Å². The number of hydrogen-bond donors (Lipinski definition) is 1. The monoisotopic (exact) mass is 384 g/mol. The zero-order valence-corrected chi connectivity index (χ0v) is 15.9. The summed E-state index contributed by atoms with van der Waals surface area (Å²) < 4.78 is 0. The Balaban J connectivity index is 1.36. The Hall–Kier alpha value is -3.29. The first-order valence-corrected chi connectivity index (χ1v) is 9.61. The number of pyridine rings is 1. The quantitative estimate of drug-likeness (QED) is 0.500. The molecule has 2 aromatic heterocycles. The van der Waals surface area contributed by atoms with Crippen LogP contribution in [-0.2, 0) is 0 Å². The molecule has 1 saturated heterocycles. The second-order valence-corrected chi connectivity index (χ2v) is 7.26. The van der Waals surface area contributed by atoms with Crippen molar-refractivity contribution < 1.29 is 0 Å². The number of benzene rings is 2. The van der Waals surface area contributed by atoms with Crippen molar-refractivity contribution >= 4 is 28.6 Å². The van der Waals surface area contributed by atoms with Gasteiger partial charge in [0, 0.05) is 35.4 Å². The standard InChI is InChI=1S/C23H17ClN4/c24-19-7-4-17(5-8-19)18-6-10-20(25-15-18)9-2-16-3-11-21-22(14-16)27-23(26-21)28-12-1-13-28/h3-8,10-11,14-15H,1,12-13H2,(H,26,27). The van der Waals surface area contributed by atoms with Gasteiger partial charge in [-0.25, -0.2) is 9.97 Å². The van der Waals surface area contributed by atoms with Crippen molar-refractivity contribution in [2.24, 2.45) is 0 Å². The number of nitrogens with zero attached hydrogens (tertiary/aromatic N) is 3. The fraction of sp³-hybridized carbons (Fsp3) is 0.130. The van der Waals surface area contributed by atoms with Crippen LogP contribution in [0.4, 0.5) is 5.95 Å². The fourth-order valence-electron chi connectivity index (χ4n) is 3.17. The van der Waals surface area contributed by atoms with Gasteiger partial charge in [0.2, 0.25) is 5.95 Å². The second kappa shape index (κ2) is 7.03. The summed E-state index contributed by atoms with van der Waals surface area (Å²) in [4.78, 5) is 14.7. The number of hydrogen-bond acceptors (Lipinski definition) is 3. The Morgan fingerprint density at radius 1 is 0.929 bits per heavy atom. The summed E-state index contributed by atoms with van der Waals surface area (Å²) in [5.41, 5.74) is 5.79. The Bertz CT molecular complexity index is 1190. The molecule has 0 aliphatic carbocycles. The maximum Gasteiger partial charge on any atom is 0.203 e. The van der Waals surface area contributed by atoms with Crippen molar-refractivity contribution in [2.45, 2.75) is 6.42 Å².